The van der Waals surface area contributed by atoms with Crippen molar-refractivity contribution in [1.82, 2.24) is 0 Å². The van der Waals surface area contributed by atoms with Gasteiger partial charge < -0.3 is 9.47 Å². The summed E-state index contributed by atoms with van der Waals surface area (Å²) >= 11 is 0. The second-order valence-corrected chi connectivity index (χ2v) is 8.27. The van der Waals surface area contributed by atoms with Gasteiger partial charge in [-0.25, -0.2) is 4.39 Å². The van der Waals surface area contributed by atoms with E-state index in [1.165, 1.54) is 24.3 Å². The molecule has 0 bridgehead atoms. The van der Waals surface area contributed by atoms with Gasteiger partial charge in [-0.3, -0.25) is 4.18 Å². The lowest BCUT2D eigenvalue weighted by Crippen LogP contribution is -2.10. The van der Waals surface area contributed by atoms with E-state index in [-0.39, 0.29) is 30.5 Å². The molecule has 3 aromatic carbocycles. The lowest BCUT2D eigenvalue weighted by Gasteiger charge is -2.10. The second-order valence-electron chi connectivity index (χ2n) is 6.66. The molecule has 7 heteroatoms. The molecule has 0 saturated carbocycles. The Morgan fingerprint density at radius 2 is 1.60 bits per heavy atom. The minimum Gasteiger partial charge on any atom is -0.493 e. The number of ether oxygens (including phenoxy) is 2. The van der Waals surface area contributed by atoms with Gasteiger partial charge in [0.25, 0.3) is 10.1 Å². The van der Waals surface area contributed by atoms with Gasteiger partial charge in [-0.1, -0.05) is 48.0 Å². The maximum Gasteiger partial charge on any atom is 0.296 e. The topological polar surface area (TPSA) is 61.8 Å². The summed E-state index contributed by atoms with van der Waals surface area (Å²) in [6, 6.07) is 20.3. The predicted molar refractivity (Wildman–Crippen MR) is 112 cm³/mol. The number of rotatable bonds is 10. The van der Waals surface area contributed by atoms with Crippen molar-refractivity contribution in [3.05, 3.63) is 89.7 Å². The highest BCUT2D eigenvalue weighted by Crippen LogP contribution is 2.23. The third-order valence-electron chi connectivity index (χ3n) is 4.25. The maximum atomic E-state index is 14.2. The van der Waals surface area contributed by atoms with Gasteiger partial charge in [0.15, 0.2) is 11.6 Å². The molecule has 0 N–H and O–H groups in total. The summed E-state index contributed by atoms with van der Waals surface area (Å²) in [7, 11) is -3.80. The van der Waals surface area contributed by atoms with Gasteiger partial charge in [-0.15, -0.1) is 0 Å². The van der Waals surface area contributed by atoms with Crippen molar-refractivity contribution in [3.63, 3.8) is 0 Å². The van der Waals surface area contributed by atoms with Gasteiger partial charge in [0, 0.05) is 12.5 Å². The van der Waals surface area contributed by atoms with Crippen molar-refractivity contribution in [1.29, 1.82) is 0 Å². The third-order valence-corrected chi connectivity index (χ3v) is 5.57. The molecule has 0 aliphatic carbocycles. The summed E-state index contributed by atoms with van der Waals surface area (Å²) in [5.41, 5.74) is 1.91. The van der Waals surface area contributed by atoms with Gasteiger partial charge in [0.1, 0.15) is 12.4 Å². The minimum atomic E-state index is -3.80. The average Bonchev–Trinajstić information content (AvgIpc) is 2.74. The zero-order valence-corrected chi connectivity index (χ0v) is 17.4. The molecule has 0 aromatic heterocycles. The van der Waals surface area contributed by atoms with E-state index < -0.39 is 15.9 Å². The average molecular weight is 430 g/mol. The monoisotopic (exact) mass is 430 g/mol. The predicted octanol–water partition coefficient (Wildman–Crippen LogP) is 4.89. The number of hydrogen-bond donors (Lipinski definition) is 0. The van der Waals surface area contributed by atoms with Crippen LogP contribution in [0.4, 0.5) is 4.39 Å². The fraction of sp³-hybridized carbons (Fsp3) is 0.217. The summed E-state index contributed by atoms with van der Waals surface area (Å²) in [5, 5.41) is 0. The fourth-order valence-corrected chi connectivity index (χ4v) is 3.56. The highest BCUT2D eigenvalue weighted by molar-refractivity contribution is 7.86. The van der Waals surface area contributed by atoms with Crippen molar-refractivity contribution < 1.29 is 26.5 Å². The molecule has 3 rings (SSSR count). The Labute approximate surface area is 176 Å². The van der Waals surface area contributed by atoms with E-state index in [4.69, 9.17) is 13.7 Å². The number of aryl methyl sites for hydroxylation is 1. The smallest absolute Gasteiger partial charge is 0.296 e. The molecule has 0 atom stereocenters. The quantitative estimate of drug-likeness (QED) is 0.339. The standard InChI is InChI=1S/C23H23FO5S/c1-18-8-11-21(12-9-18)30(25,26)29-15-5-14-27-20-10-13-23(22(24)16-20)28-17-19-6-3-2-4-7-19/h2-4,6-13,16H,5,14-15,17H2,1H3. The van der Waals surface area contributed by atoms with Crippen molar-refractivity contribution in [2.45, 2.75) is 24.8 Å². The van der Waals surface area contributed by atoms with Crippen LogP contribution >= 0.6 is 0 Å². The van der Waals surface area contributed by atoms with Crippen LogP contribution in [0, 0.1) is 12.7 Å². The Hall–Kier alpha value is -2.90. The Morgan fingerprint density at radius 3 is 2.30 bits per heavy atom. The molecule has 3 aromatic rings. The van der Waals surface area contributed by atoms with Crippen LogP contribution in [0.15, 0.2) is 77.7 Å². The van der Waals surface area contributed by atoms with Crippen molar-refractivity contribution >= 4 is 10.1 Å². The highest BCUT2D eigenvalue weighted by Gasteiger charge is 2.14. The molecule has 30 heavy (non-hydrogen) atoms. The largest absolute Gasteiger partial charge is 0.493 e. The lowest BCUT2D eigenvalue weighted by molar-refractivity contribution is 0.248. The van der Waals surface area contributed by atoms with Crippen LogP contribution in [0.3, 0.4) is 0 Å². The highest BCUT2D eigenvalue weighted by atomic mass is 32.2. The van der Waals surface area contributed by atoms with Crippen LogP contribution in [-0.2, 0) is 20.9 Å². The number of benzene rings is 3. The molecule has 0 unspecified atom stereocenters. The molecule has 0 heterocycles. The van der Waals surface area contributed by atoms with E-state index in [2.05, 4.69) is 0 Å². The summed E-state index contributed by atoms with van der Waals surface area (Å²) in [4.78, 5) is 0.113. The van der Waals surface area contributed by atoms with Gasteiger partial charge in [-0.05, 0) is 36.8 Å². The van der Waals surface area contributed by atoms with Crippen molar-refractivity contribution in [3.8, 4) is 11.5 Å². The summed E-state index contributed by atoms with van der Waals surface area (Å²) in [6.07, 6.45) is 0.332. The molecule has 158 valence electrons. The molecule has 0 aliphatic rings. The first-order valence-electron chi connectivity index (χ1n) is 9.49. The van der Waals surface area contributed by atoms with Crippen LogP contribution in [0.25, 0.3) is 0 Å². The molecule has 0 fully saturated rings. The lowest BCUT2D eigenvalue weighted by atomic mass is 10.2. The van der Waals surface area contributed by atoms with Gasteiger partial charge in [0.2, 0.25) is 0 Å². The van der Waals surface area contributed by atoms with E-state index in [9.17, 15) is 12.8 Å². The van der Waals surface area contributed by atoms with Crippen LogP contribution in [0.1, 0.15) is 17.5 Å². The number of halogens is 1. The number of hydrogen-bond acceptors (Lipinski definition) is 5. The van der Waals surface area contributed by atoms with Gasteiger partial charge >= 0.3 is 0 Å². The fourth-order valence-electron chi connectivity index (χ4n) is 2.61. The van der Waals surface area contributed by atoms with E-state index >= 15 is 0 Å². The molecule has 0 saturated heterocycles. The minimum absolute atomic E-state index is 0.0308. The van der Waals surface area contributed by atoms with Gasteiger partial charge in [0.05, 0.1) is 18.1 Å². The summed E-state index contributed by atoms with van der Waals surface area (Å²) in [6.45, 7) is 2.30. The molecule has 0 amide bonds. The molecule has 0 aliphatic heterocycles. The Kier molecular flexibility index (Phi) is 7.43. The molecular weight excluding hydrogens is 407 g/mol. The van der Waals surface area contributed by atoms with Crippen LogP contribution in [-0.4, -0.2) is 21.6 Å². The maximum absolute atomic E-state index is 14.2. The second kappa shape index (κ2) is 10.2. The third kappa shape index (κ3) is 6.30. The molecule has 5 nitrogen and oxygen atoms in total. The van der Waals surface area contributed by atoms with Crippen LogP contribution < -0.4 is 9.47 Å². The first-order chi connectivity index (χ1) is 14.4. The van der Waals surface area contributed by atoms with Crippen LogP contribution in [0.5, 0.6) is 11.5 Å². The normalized spacial score (nSPS) is 11.3. The molecular formula is C23H23FO5S. The molecule has 0 radical (unpaired) electrons. The van der Waals surface area contributed by atoms with E-state index in [0.717, 1.165) is 11.1 Å². The van der Waals surface area contributed by atoms with Crippen molar-refractivity contribution in [2.75, 3.05) is 13.2 Å². The van der Waals surface area contributed by atoms with E-state index in [1.807, 2.05) is 37.3 Å². The van der Waals surface area contributed by atoms with Crippen molar-refractivity contribution in [2.24, 2.45) is 0 Å². The van der Waals surface area contributed by atoms with Crippen LogP contribution in [0.2, 0.25) is 0 Å². The first-order valence-corrected chi connectivity index (χ1v) is 10.9. The summed E-state index contributed by atoms with van der Waals surface area (Å²) in [5.74, 6) is -0.0543. The SMILES string of the molecule is Cc1ccc(S(=O)(=O)OCCCOc2ccc(OCc3ccccc3)c(F)c2)cc1. The Balaban J connectivity index is 1.42. The Morgan fingerprint density at radius 1 is 0.867 bits per heavy atom. The van der Waals surface area contributed by atoms with E-state index in [0.29, 0.717) is 12.2 Å². The molecule has 0 spiro atoms. The van der Waals surface area contributed by atoms with E-state index in [1.54, 1.807) is 18.2 Å². The zero-order valence-electron chi connectivity index (χ0n) is 16.6. The zero-order chi connectivity index (χ0) is 21.4. The summed E-state index contributed by atoms with van der Waals surface area (Å²) < 4.78 is 54.4. The van der Waals surface area contributed by atoms with Gasteiger partial charge in [-0.2, -0.15) is 8.42 Å². The Bertz CT molecular complexity index is 1050. The first kappa shape index (κ1) is 21.8.